The highest BCUT2D eigenvalue weighted by atomic mass is 16.2. The van der Waals surface area contributed by atoms with E-state index in [1.54, 1.807) is 11.1 Å². The molecule has 34 heavy (non-hydrogen) atoms. The summed E-state index contributed by atoms with van der Waals surface area (Å²) in [6.45, 7) is 0.638. The number of carbonyl (C=O) groups is 1. The van der Waals surface area contributed by atoms with Gasteiger partial charge in [-0.05, 0) is 60.7 Å². The zero-order chi connectivity index (χ0) is 23.5. The van der Waals surface area contributed by atoms with Crippen molar-refractivity contribution in [2.45, 2.75) is 19.3 Å². The number of nitrogens with one attached hydrogen (secondary N) is 2. The molecule has 0 bridgehead atoms. The molecule has 4 aromatic rings. The van der Waals surface area contributed by atoms with Gasteiger partial charge in [-0.2, -0.15) is 0 Å². The number of benzene rings is 2. The van der Waals surface area contributed by atoms with Crippen molar-refractivity contribution < 1.29 is 4.79 Å². The Hall–Kier alpha value is -4.12. The Morgan fingerprint density at radius 2 is 1.88 bits per heavy atom. The average Bonchev–Trinajstić information content (AvgIpc) is 3.26. The first-order valence-electron chi connectivity index (χ1n) is 11.6. The minimum absolute atomic E-state index is 0.0164. The molecular weight excluding hydrogens is 422 g/mol. The minimum Gasteiger partial charge on any atom is -0.354 e. The predicted molar refractivity (Wildman–Crippen MR) is 138 cm³/mol. The fourth-order valence-electron chi connectivity index (χ4n) is 4.51. The number of amides is 1. The van der Waals surface area contributed by atoms with Crippen LogP contribution in [0.4, 0.5) is 0 Å². The van der Waals surface area contributed by atoms with Crippen LogP contribution in [0.25, 0.3) is 27.7 Å². The van der Waals surface area contributed by atoms with Crippen molar-refractivity contribution in [3.05, 3.63) is 112 Å². The highest BCUT2D eigenvalue weighted by molar-refractivity contribution is 6.05. The van der Waals surface area contributed by atoms with Crippen LogP contribution in [0.15, 0.2) is 89.9 Å². The Bertz CT molecular complexity index is 1460. The Kier molecular flexibility index (Phi) is 6.00. The summed E-state index contributed by atoms with van der Waals surface area (Å²) in [7, 11) is 1.84. The van der Waals surface area contributed by atoms with Gasteiger partial charge >= 0.3 is 0 Å². The lowest BCUT2D eigenvalue weighted by atomic mass is 9.94. The molecule has 2 aromatic heterocycles. The Morgan fingerprint density at radius 1 is 1.03 bits per heavy atom. The van der Waals surface area contributed by atoms with E-state index in [1.807, 2.05) is 55.6 Å². The van der Waals surface area contributed by atoms with Gasteiger partial charge in [-0.15, -0.1) is 0 Å². The molecule has 0 atom stereocenters. The number of rotatable bonds is 6. The molecule has 0 unspecified atom stereocenters. The lowest BCUT2D eigenvalue weighted by Gasteiger charge is -2.17. The van der Waals surface area contributed by atoms with Crippen LogP contribution in [0.3, 0.4) is 0 Å². The van der Waals surface area contributed by atoms with Gasteiger partial charge in [0.25, 0.3) is 11.5 Å². The number of fused-ring (bicyclic) bond motifs is 1. The van der Waals surface area contributed by atoms with Crippen LogP contribution >= 0.6 is 0 Å². The molecule has 1 amide bonds. The molecule has 1 aliphatic carbocycles. The minimum atomic E-state index is -0.146. The quantitative estimate of drug-likeness (QED) is 0.404. The number of allylic oxidation sites excluding steroid dienone is 4. The molecule has 0 saturated carbocycles. The predicted octanol–water partition coefficient (Wildman–Crippen LogP) is 5.57. The van der Waals surface area contributed by atoms with Gasteiger partial charge in [0.2, 0.25) is 0 Å². The lowest BCUT2D eigenvalue weighted by Crippen LogP contribution is -2.28. The van der Waals surface area contributed by atoms with Crippen molar-refractivity contribution in [3.8, 4) is 11.3 Å². The van der Waals surface area contributed by atoms with Gasteiger partial charge in [0.05, 0.1) is 11.3 Å². The molecule has 1 aliphatic rings. The standard InChI is InChI=1S/C29H27N3O2/c1-32(18-16-20-9-4-2-5-10-20)29(34)22-14-15-25-24(19-22)26(21-11-6-3-7-12-21)27(31-25)23-13-8-17-30-28(23)33/h2,4-6,8-15,17,19,31H,3,7,16,18H2,1H3,(H,30,33). The summed E-state index contributed by atoms with van der Waals surface area (Å²) in [6.07, 6.45) is 10.8. The van der Waals surface area contributed by atoms with Crippen LogP contribution in [0.2, 0.25) is 0 Å². The maximum Gasteiger partial charge on any atom is 0.257 e. The number of pyridine rings is 1. The van der Waals surface area contributed by atoms with Gasteiger partial charge in [0, 0.05) is 41.8 Å². The van der Waals surface area contributed by atoms with E-state index < -0.39 is 0 Å². The number of aromatic amines is 2. The summed E-state index contributed by atoms with van der Waals surface area (Å²) in [6, 6.07) is 19.6. The highest BCUT2D eigenvalue weighted by Crippen LogP contribution is 2.36. The topological polar surface area (TPSA) is 69.0 Å². The molecule has 0 spiro atoms. The van der Waals surface area contributed by atoms with Crippen LogP contribution in [-0.4, -0.2) is 34.4 Å². The van der Waals surface area contributed by atoms with E-state index in [0.717, 1.165) is 47.0 Å². The summed E-state index contributed by atoms with van der Waals surface area (Å²) < 4.78 is 0. The van der Waals surface area contributed by atoms with Crippen molar-refractivity contribution in [3.63, 3.8) is 0 Å². The maximum atomic E-state index is 13.3. The van der Waals surface area contributed by atoms with Crippen molar-refractivity contribution in [1.29, 1.82) is 0 Å². The summed E-state index contributed by atoms with van der Waals surface area (Å²) in [4.78, 5) is 33.9. The molecule has 170 valence electrons. The summed E-state index contributed by atoms with van der Waals surface area (Å²) in [5, 5.41) is 0.943. The summed E-state index contributed by atoms with van der Waals surface area (Å²) >= 11 is 0. The molecule has 2 heterocycles. The number of likely N-dealkylation sites (N-methyl/N-ethyl adjacent to an activating group) is 1. The first-order chi connectivity index (χ1) is 16.6. The van der Waals surface area contributed by atoms with Gasteiger partial charge in [-0.3, -0.25) is 9.59 Å². The van der Waals surface area contributed by atoms with E-state index in [4.69, 9.17) is 0 Å². The molecular formula is C29H27N3O2. The number of carbonyl (C=O) groups excluding carboxylic acids is 1. The smallest absolute Gasteiger partial charge is 0.257 e. The average molecular weight is 450 g/mol. The van der Waals surface area contributed by atoms with Crippen molar-refractivity contribution in [2.24, 2.45) is 0 Å². The van der Waals surface area contributed by atoms with E-state index >= 15 is 0 Å². The van der Waals surface area contributed by atoms with Crippen molar-refractivity contribution in [1.82, 2.24) is 14.9 Å². The first kappa shape index (κ1) is 21.7. The largest absolute Gasteiger partial charge is 0.354 e. The number of nitrogens with zero attached hydrogens (tertiary/aromatic N) is 1. The van der Waals surface area contributed by atoms with Gasteiger partial charge in [0.15, 0.2) is 0 Å². The monoisotopic (exact) mass is 449 g/mol. The molecule has 0 aliphatic heterocycles. The second-order valence-electron chi connectivity index (χ2n) is 8.65. The molecule has 0 fully saturated rings. The van der Waals surface area contributed by atoms with E-state index in [9.17, 15) is 9.59 Å². The van der Waals surface area contributed by atoms with Gasteiger partial charge in [-0.1, -0.05) is 48.6 Å². The maximum absolute atomic E-state index is 13.3. The fourth-order valence-corrected chi connectivity index (χ4v) is 4.51. The molecule has 0 radical (unpaired) electrons. The third-order valence-corrected chi connectivity index (χ3v) is 6.34. The van der Waals surface area contributed by atoms with E-state index in [-0.39, 0.29) is 11.5 Å². The third kappa shape index (κ3) is 4.25. The molecule has 5 rings (SSSR count). The van der Waals surface area contributed by atoms with Crippen LogP contribution in [0.5, 0.6) is 0 Å². The normalized spacial score (nSPS) is 13.1. The summed E-state index contributed by atoms with van der Waals surface area (Å²) in [5.41, 5.74) is 5.99. The first-order valence-corrected chi connectivity index (χ1v) is 11.6. The second kappa shape index (κ2) is 9.40. The van der Waals surface area contributed by atoms with Crippen molar-refractivity contribution in [2.75, 3.05) is 13.6 Å². The number of aromatic nitrogens is 2. The van der Waals surface area contributed by atoms with Crippen LogP contribution in [-0.2, 0) is 6.42 Å². The molecule has 5 nitrogen and oxygen atoms in total. The fraction of sp³-hybridized carbons (Fsp3) is 0.172. The summed E-state index contributed by atoms with van der Waals surface area (Å²) in [5.74, 6) is -0.0164. The highest BCUT2D eigenvalue weighted by Gasteiger charge is 2.20. The lowest BCUT2D eigenvalue weighted by molar-refractivity contribution is 0.0797. The Morgan fingerprint density at radius 3 is 2.65 bits per heavy atom. The molecule has 2 N–H and O–H groups in total. The van der Waals surface area contributed by atoms with Gasteiger partial charge in [0.1, 0.15) is 0 Å². The molecule has 0 saturated heterocycles. The van der Waals surface area contributed by atoms with E-state index in [2.05, 4.69) is 40.3 Å². The Labute approximate surface area is 198 Å². The van der Waals surface area contributed by atoms with E-state index in [0.29, 0.717) is 17.7 Å². The van der Waals surface area contributed by atoms with Crippen LogP contribution < -0.4 is 5.56 Å². The zero-order valence-corrected chi connectivity index (χ0v) is 19.2. The van der Waals surface area contributed by atoms with E-state index in [1.165, 1.54) is 5.56 Å². The zero-order valence-electron chi connectivity index (χ0n) is 19.2. The van der Waals surface area contributed by atoms with Gasteiger partial charge < -0.3 is 14.9 Å². The third-order valence-electron chi connectivity index (χ3n) is 6.34. The number of hydrogen-bond acceptors (Lipinski definition) is 2. The SMILES string of the molecule is CN(CCc1ccccc1)C(=O)c1ccc2[nH]c(-c3ccc[nH]c3=O)c(C3=CCCC=C3)c2c1. The van der Waals surface area contributed by atoms with Crippen LogP contribution in [0, 0.1) is 0 Å². The van der Waals surface area contributed by atoms with Crippen LogP contribution in [0.1, 0.15) is 34.3 Å². The van der Waals surface area contributed by atoms with Crippen molar-refractivity contribution >= 4 is 22.4 Å². The second-order valence-corrected chi connectivity index (χ2v) is 8.65. The number of H-pyrrole nitrogens is 2. The molecule has 5 heteroatoms. The Balaban J connectivity index is 1.54. The van der Waals surface area contributed by atoms with Gasteiger partial charge in [-0.25, -0.2) is 0 Å². The molecule has 2 aromatic carbocycles. The number of hydrogen-bond donors (Lipinski definition) is 2.